The SMILES string of the molecule is CCNC(=NCCCc1ccc(N(C)C)cc1)N1CCN(c2cnn(C)c2)C(=O)C1. The number of carbonyl (C=O) groups excluding carboxylic acids is 1. The van der Waals surface area contributed by atoms with Crippen LogP contribution < -0.4 is 15.1 Å². The van der Waals surface area contributed by atoms with E-state index < -0.39 is 0 Å². The van der Waals surface area contributed by atoms with E-state index >= 15 is 0 Å². The van der Waals surface area contributed by atoms with E-state index in [1.165, 1.54) is 11.3 Å². The quantitative estimate of drug-likeness (QED) is 0.427. The van der Waals surface area contributed by atoms with Crippen molar-refractivity contribution in [3.63, 3.8) is 0 Å². The molecule has 1 aromatic carbocycles. The highest BCUT2D eigenvalue weighted by Gasteiger charge is 2.27. The van der Waals surface area contributed by atoms with Gasteiger partial charge in [-0.3, -0.25) is 14.5 Å². The maximum atomic E-state index is 12.7. The van der Waals surface area contributed by atoms with Crippen LogP contribution in [-0.4, -0.2) is 73.4 Å². The summed E-state index contributed by atoms with van der Waals surface area (Å²) in [5.74, 6) is 0.889. The lowest BCUT2D eigenvalue weighted by atomic mass is 10.1. The summed E-state index contributed by atoms with van der Waals surface area (Å²) in [6.45, 7) is 5.27. The molecule has 8 heteroatoms. The minimum absolute atomic E-state index is 0.0702. The second-order valence-corrected chi connectivity index (χ2v) is 7.74. The second kappa shape index (κ2) is 10.1. The molecule has 0 spiro atoms. The van der Waals surface area contributed by atoms with Gasteiger partial charge in [-0.1, -0.05) is 12.1 Å². The van der Waals surface area contributed by atoms with Gasteiger partial charge >= 0.3 is 0 Å². The summed E-state index contributed by atoms with van der Waals surface area (Å²) in [7, 11) is 5.96. The van der Waals surface area contributed by atoms with Crippen LogP contribution in [0.4, 0.5) is 11.4 Å². The highest BCUT2D eigenvalue weighted by molar-refractivity contribution is 5.98. The van der Waals surface area contributed by atoms with Gasteiger partial charge in [-0.25, -0.2) is 0 Å². The zero-order valence-electron chi connectivity index (χ0n) is 18.5. The van der Waals surface area contributed by atoms with E-state index in [1.807, 2.05) is 32.2 Å². The number of anilines is 2. The molecule has 2 heterocycles. The monoisotopic (exact) mass is 411 g/mol. The average molecular weight is 412 g/mol. The van der Waals surface area contributed by atoms with Gasteiger partial charge in [0, 0.05) is 59.2 Å². The molecule has 0 aliphatic carbocycles. The number of piperazine rings is 1. The summed E-state index contributed by atoms with van der Waals surface area (Å²) < 4.78 is 1.72. The Hall–Kier alpha value is -3.03. The third-order valence-electron chi connectivity index (χ3n) is 5.20. The summed E-state index contributed by atoms with van der Waals surface area (Å²) in [6.07, 6.45) is 5.57. The summed E-state index contributed by atoms with van der Waals surface area (Å²) in [4.78, 5) is 23.4. The number of aliphatic imine (C=N–C) groups is 1. The molecule has 1 aliphatic heterocycles. The Kier molecular flexibility index (Phi) is 7.32. The molecule has 1 N–H and O–H groups in total. The first-order valence-corrected chi connectivity index (χ1v) is 10.6. The molecule has 0 atom stereocenters. The van der Waals surface area contributed by atoms with Gasteiger partial charge in [0.1, 0.15) is 6.54 Å². The lowest BCUT2D eigenvalue weighted by Crippen LogP contribution is -2.55. The number of aromatic nitrogens is 2. The van der Waals surface area contributed by atoms with Gasteiger partial charge in [-0.05, 0) is 37.5 Å². The van der Waals surface area contributed by atoms with E-state index in [0.29, 0.717) is 13.1 Å². The van der Waals surface area contributed by atoms with Crippen molar-refractivity contribution in [3.05, 3.63) is 42.2 Å². The van der Waals surface area contributed by atoms with Gasteiger partial charge in [-0.15, -0.1) is 0 Å². The molecule has 0 bridgehead atoms. The standard InChI is InChI=1S/C22H33N7O/c1-5-23-22(24-12-6-7-18-8-10-19(11-9-18)26(2)3)28-13-14-29(21(30)17-28)20-15-25-27(4)16-20/h8-11,15-16H,5-7,12-14,17H2,1-4H3,(H,23,24). The van der Waals surface area contributed by atoms with Crippen molar-refractivity contribution in [2.75, 3.05) is 56.6 Å². The molecule has 0 unspecified atom stereocenters. The normalized spacial score (nSPS) is 14.9. The van der Waals surface area contributed by atoms with Crippen molar-refractivity contribution in [1.82, 2.24) is 20.0 Å². The molecule has 2 aromatic rings. The minimum atomic E-state index is 0.0702. The van der Waals surface area contributed by atoms with Crippen molar-refractivity contribution in [2.45, 2.75) is 19.8 Å². The van der Waals surface area contributed by atoms with E-state index in [-0.39, 0.29) is 5.91 Å². The molecule has 1 aliphatic rings. The number of carbonyl (C=O) groups is 1. The van der Waals surface area contributed by atoms with Gasteiger partial charge in [0.05, 0.1) is 11.9 Å². The molecule has 1 amide bonds. The molecule has 1 aromatic heterocycles. The van der Waals surface area contributed by atoms with Crippen LogP contribution in [-0.2, 0) is 18.3 Å². The summed E-state index contributed by atoms with van der Waals surface area (Å²) in [5, 5.41) is 7.50. The summed E-state index contributed by atoms with van der Waals surface area (Å²) in [6, 6.07) is 8.66. The number of rotatable bonds is 7. The third-order valence-corrected chi connectivity index (χ3v) is 5.20. The molecule has 8 nitrogen and oxygen atoms in total. The summed E-state index contributed by atoms with van der Waals surface area (Å²) >= 11 is 0. The Morgan fingerprint density at radius 1 is 1.23 bits per heavy atom. The Bertz CT molecular complexity index is 857. The van der Waals surface area contributed by atoms with Crippen molar-refractivity contribution in [2.24, 2.45) is 12.0 Å². The largest absolute Gasteiger partial charge is 0.378 e. The van der Waals surface area contributed by atoms with Crippen molar-refractivity contribution >= 4 is 23.2 Å². The molecule has 1 fully saturated rings. The molecular weight excluding hydrogens is 378 g/mol. The molecule has 0 saturated carbocycles. The molecule has 162 valence electrons. The number of hydrogen-bond acceptors (Lipinski definition) is 4. The van der Waals surface area contributed by atoms with Crippen LogP contribution in [0.2, 0.25) is 0 Å². The van der Waals surface area contributed by atoms with Crippen molar-refractivity contribution < 1.29 is 4.79 Å². The van der Waals surface area contributed by atoms with E-state index in [9.17, 15) is 4.79 Å². The van der Waals surface area contributed by atoms with Crippen LogP contribution >= 0.6 is 0 Å². The number of amides is 1. The Morgan fingerprint density at radius 2 is 2.00 bits per heavy atom. The van der Waals surface area contributed by atoms with E-state index in [0.717, 1.165) is 44.1 Å². The van der Waals surface area contributed by atoms with Crippen molar-refractivity contribution in [3.8, 4) is 0 Å². The van der Waals surface area contributed by atoms with Gasteiger partial charge in [-0.2, -0.15) is 5.10 Å². The predicted octanol–water partition coefficient (Wildman–Crippen LogP) is 1.73. The first kappa shape index (κ1) is 21.7. The lowest BCUT2D eigenvalue weighted by Gasteiger charge is -2.35. The predicted molar refractivity (Wildman–Crippen MR) is 122 cm³/mol. The highest BCUT2D eigenvalue weighted by Crippen LogP contribution is 2.16. The molecule has 1 saturated heterocycles. The van der Waals surface area contributed by atoms with E-state index in [2.05, 4.69) is 46.5 Å². The number of guanidine groups is 1. The zero-order valence-corrected chi connectivity index (χ0v) is 18.5. The van der Waals surface area contributed by atoms with E-state index in [4.69, 9.17) is 4.99 Å². The fraction of sp³-hybridized carbons (Fsp3) is 0.500. The van der Waals surface area contributed by atoms with Crippen LogP contribution in [0.5, 0.6) is 0 Å². The molecule has 30 heavy (non-hydrogen) atoms. The Labute approximate surface area is 179 Å². The average Bonchev–Trinajstić information content (AvgIpc) is 3.16. The van der Waals surface area contributed by atoms with Gasteiger partial charge in [0.25, 0.3) is 0 Å². The number of nitrogens with one attached hydrogen (secondary N) is 1. The highest BCUT2D eigenvalue weighted by atomic mass is 16.2. The van der Waals surface area contributed by atoms with Crippen LogP contribution in [0.25, 0.3) is 0 Å². The molecule has 3 rings (SSSR count). The number of benzene rings is 1. The van der Waals surface area contributed by atoms with Crippen LogP contribution in [0.3, 0.4) is 0 Å². The first-order chi connectivity index (χ1) is 14.5. The Morgan fingerprint density at radius 3 is 2.60 bits per heavy atom. The number of nitrogens with zero attached hydrogens (tertiary/aromatic N) is 6. The topological polar surface area (TPSA) is 69.0 Å². The minimum Gasteiger partial charge on any atom is -0.378 e. The second-order valence-electron chi connectivity index (χ2n) is 7.74. The molecular formula is C22H33N7O. The zero-order chi connectivity index (χ0) is 21.5. The van der Waals surface area contributed by atoms with Gasteiger partial charge in [0.15, 0.2) is 5.96 Å². The van der Waals surface area contributed by atoms with Crippen LogP contribution in [0.15, 0.2) is 41.7 Å². The van der Waals surface area contributed by atoms with E-state index in [1.54, 1.807) is 15.8 Å². The maximum Gasteiger partial charge on any atom is 0.246 e. The number of hydrogen-bond donors (Lipinski definition) is 1. The fourth-order valence-corrected chi connectivity index (χ4v) is 3.53. The summed E-state index contributed by atoms with van der Waals surface area (Å²) in [5.41, 5.74) is 3.38. The number of aryl methyl sites for hydroxylation is 2. The smallest absolute Gasteiger partial charge is 0.246 e. The van der Waals surface area contributed by atoms with Crippen LogP contribution in [0.1, 0.15) is 18.9 Å². The van der Waals surface area contributed by atoms with Crippen LogP contribution in [0, 0.1) is 0 Å². The fourth-order valence-electron chi connectivity index (χ4n) is 3.53. The lowest BCUT2D eigenvalue weighted by molar-refractivity contribution is -0.120. The third kappa shape index (κ3) is 5.52. The Balaban J connectivity index is 1.53. The maximum absolute atomic E-state index is 12.7. The van der Waals surface area contributed by atoms with Crippen molar-refractivity contribution in [1.29, 1.82) is 0 Å². The van der Waals surface area contributed by atoms with Gasteiger partial charge < -0.3 is 20.0 Å². The van der Waals surface area contributed by atoms with Gasteiger partial charge in [0.2, 0.25) is 5.91 Å². The first-order valence-electron chi connectivity index (χ1n) is 10.6. The molecule has 0 radical (unpaired) electrons.